The summed E-state index contributed by atoms with van der Waals surface area (Å²) in [5.41, 5.74) is 9.23. The molecule has 0 radical (unpaired) electrons. The number of hydrogen-bond donors (Lipinski definition) is 5. The number of ether oxygens (including phenoxy) is 2. The highest BCUT2D eigenvalue weighted by atomic mass is 16.7. The molecule has 5 rings (SSSR count). The first-order valence-corrected chi connectivity index (χ1v) is 20.4. The number of nitro groups is 1. The molecule has 0 aromatic heterocycles. The van der Waals surface area contributed by atoms with Crippen molar-refractivity contribution in [2.75, 3.05) is 16.8 Å². The number of nitrogens with two attached hydrogens (primary N) is 1. The van der Waals surface area contributed by atoms with E-state index in [0.29, 0.717) is 30.6 Å². The first-order valence-electron chi connectivity index (χ1n) is 20.4. The number of nitro benzene ring substituents is 1. The number of carbonyl (C=O) groups excluding carboxylic acids is 6. The van der Waals surface area contributed by atoms with Crippen LogP contribution in [0.2, 0.25) is 0 Å². The zero-order valence-electron chi connectivity index (χ0n) is 34.9. The fourth-order valence-electron chi connectivity index (χ4n) is 6.55. The quantitative estimate of drug-likeness (QED) is 0.0189. The summed E-state index contributed by atoms with van der Waals surface area (Å²) in [6.07, 6.45) is 0.473. The van der Waals surface area contributed by atoms with Crippen LogP contribution in [0.1, 0.15) is 74.6 Å². The normalized spacial score (nSPS) is 12.3. The van der Waals surface area contributed by atoms with Crippen LogP contribution in [0.15, 0.2) is 97.1 Å². The van der Waals surface area contributed by atoms with Crippen LogP contribution >= 0.6 is 0 Å². The molecule has 0 aliphatic carbocycles. The number of carbonyl (C=O) groups is 6. The highest BCUT2D eigenvalue weighted by molar-refractivity contribution is 5.98. The van der Waals surface area contributed by atoms with Gasteiger partial charge < -0.3 is 41.4 Å². The molecule has 0 saturated heterocycles. The van der Waals surface area contributed by atoms with Crippen LogP contribution in [-0.2, 0) is 37.1 Å². The lowest BCUT2D eigenvalue weighted by Crippen LogP contribution is -2.54. The molecule has 0 fully saturated rings. The SMILES string of the molecule is CC(C)[C@@H](NC(=O)CCCCC(=O)N1Cc2ccccc2C#Cc2ccccc21)C(=O)N[C@@H](CCCNC(N)=O)C(=O)Nc1ccc(COC(=O)Oc2ccc([N+](=O)[O-])cc2)cc1. The predicted octanol–water partition coefficient (Wildman–Crippen LogP) is 5.83. The van der Waals surface area contributed by atoms with Crippen LogP contribution in [0.5, 0.6) is 5.75 Å². The number of nitrogens with zero attached hydrogens (tertiary/aromatic N) is 2. The zero-order valence-corrected chi connectivity index (χ0v) is 34.9. The van der Waals surface area contributed by atoms with E-state index in [-0.39, 0.29) is 68.0 Å². The number of primary amides is 1. The number of para-hydroxylation sites is 1. The van der Waals surface area contributed by atoms with Crippen molar-refractivity contribution in [2.24, 2.45) is 11.7 Å². The summed E-state index contributed by atoms with van der Waals surface area (Å²) in [4.78, 5) is 89.3. The summed E-state index contributed by atoms with van der Waals surface area (Å²) in [6.45, 7) is 3.86. The second-order valence-corrected chi connectivity index (χ2v) is 15.0. The average Bonchev–Trinajstić information content (AvgIpc) is 3.25. The maximum atomic E-state index is 13.7. The molecule has 0 unspecified atom stereocenters. The van der Waals surface area contributed by atoms with Gasteiger partial charge in [-0.15, -0.1) is 0 Å². The average molecular weight is 860 g/mol. The lowest BCUT2D eigenvalue weighted by molar-refractivity contribution is -0.384. The van der Waals surface area contributed by atoms with Crippen molar-refractivity contribution >= 4 is 52.9 Å². The van der Waals surface area contributed by atoms with Crippen molar-refractivity contribution in [3.63, 3.8) is 0 Å². The Balaban J connectivity index is 1.12. The molecule has 328 valence electrons. The third kappa shape index (κ3) is 14.2. The lowest BCUT2D eigenvalue weighted by atomic mass is 10.0. The molecule has 4 aromatic rings. The predicted molar refractivity (Wildman–Crippen MR) is 233 cm³/mol. The second kappa shape index (κ2) is 22.7. The smallest absolute Gasteiger partial charge is 0.429 e. The fraction of sp³-hybridized carbons (Fsp3) is 0.304. The molecule has 4 aromatic carbocycles. The standard InChI is InChI=1S/C46H49N7O10/c1-30(2)42(51-40(54)15-7-8-16-41(55)52-28-34-12-4-3-10-32(34)19-20-33-11-5-6-14-39(33)52)44(57)50-38(13-9-27-48-45(47)58)43(56)49-35-21-17-31(18-22-35)29-62-46(59)63-37-25-23-36(24-26-37)53(60)61/h3-6,10-12,14,17-18,21-26,30,38,42H,7-9,13,15-16,27-29H2,1-2H3,(H,49,56)(H,50,57)(H,51,54)(H3,47,48,58)/t38-,42+/m0/s1. The number of fused-ring (bicyclic) bond motifs is 2. The van der Waals surface area contributed by atoms with Crippen molar-refractivity contribution in [1.29, 1.82) is 0 Å². The van der Waals surface area contributed by atoms with Crippen LogP contribution in [0, 0.1) is 27.9 Å². The van der Waals surface area contributed by atoms with E-state index in [1.165, 1.54) is 24.3 Å². The number of benzene rings is 4. The van der Waals surface area contributed by atoms with Crippen molar-refractivity contribution in [1.82, 2.24) is 16.0 Å². The Morgan fingerprint density at radius 3 is 2.17 bits per heavy atom. The van der Waals surface area contributed by atoms with Gasteiger partial charge in [0.25, 0.3) is 5.69 Å². The molecule has 0 saturated carbocycles. The number of urea groups is 1. The van der Waals surface area contributed by atoms with Gasteiger partial charge >= 0.3 is 12.2 Å². The fourth-order valence-corrected chi connectivity index (χ4v) is 6.55. The van der Waals surface area contributed by atoms with Gasteiger partial charge in [-0.2, -0.15) is 0 Å². The number of rotatable bonds is 19. The van der Waals surface area contributed by atoms with Gasteiger partial charge in [-0.1, -0.05) is 68.2 Å². The molecule has 6 amide bonds. The summed E-state index contributed by atoms with van der Waals surface area (Å²) in [6, 6.07) is 23.7. The van der Waals surface area contributed by atoms with Crippen LogP contribution in [0.3, 0.4) is 0 Å². The zero-order chi connectivity index (χ0) is 45.3. The van der Waals surface area contributed by atoms with Gasteiger partial charge in [0.15, 0.2) is 0 Å². The van der Waals surface area contributed by atoms with Crippen molar-refractivity contribution in [3.8, 4) is 17.6 Å². The summed E-state index contributed by atoms with van der Waals surface area (Å²) < 4.78 is 10.2. The Labute approximate surface area is 364 Å². The van der Waals surface area contributed by atoms with E-state index in [0.717, 1.165) is 22.4 Å². The van der Waals surface area contributed by atoms with Crippen LogP contribution < -0.4 is 36.6 Å². The number of anilines is 2. The van der Waals surface area contributed by atoms with Crippen molar-refractivity contribution in [2.45, 2.75) is 77.6 Å². The van der Waals surface area contributed by atoms with E-state index in [9.17, 15) is 38.9 Å². The third-order valence-electron chi connectivity index (χ3n) is 9.91. The van der Waals surface area contributed by atoms with Crippen molar-refractivity contribution in [3.05, 3.63) is 129 Å². The Hall–Kier alpha value is -7.74. The number of hydrogen-bond acceptors (Lipinski definition) is 10. The monoisotopic (exact) mass is 859 g/mol. The highest BCUT2D eigenvalue weighted by Gasteiger charge is 2.29. The maximum Gasteiger partial charge on any atom is 0.514 e. The Morgan fingerprint density at radius 1 is 0.810 bits per heavy atom. The first kappa shape index (κ1) is 46.3. The minimum absolute atomic E-state index is 0.0626. The van der Waals surface area contributed by atoms with E-state index in [1.807, 2.05) is 48.5 Å². The molecule has 1 heterocycles. The van der Waals surface area contributed by atoms with E-state index in [4.69, 9.17) is 15.2 Å². The van der Waals surface area contributed by atoms with E-state index in [1.54, 1.807) is 43.0 Å². The molecule has 17 nitrogen and oxygen atoms in total. The molecule has 1 aliphatic rings. The number of non-ortho nitro benzene ring substituents is 1. The van der Waals surface area contributed by atoms with Crippen molar-refractivity contribution < 1.29 is 43.2 Å². The summed E-state index contributed by atoms with van der Waals surface area (Å²) in [5, 5.41) is 21.6. The largest absolute Gasteiger partial charge is 0.514 e. The summed E-state index contributed by atoms with van der Waals surface area (Å²) in [5.74, 6) is 4.49. The molecule has 2 atom stereocenters. The topological polar surface area (TPSA) is 241 Å². The number of nitrogens with one attached hydrogen (secondary N) is 4. The van der Waals surface area contributed by atoms with Crippen LogP contribution in [-0.4, -0.2) is 59.4 Å². The van der Waals surface area contributed by atoms with Gasteiger partial charge in [0.1, 0.15) is 24.4 Å². The molecular weight excluding hydrogens is 811 g/mol. The molecule has 63 heavy (non-hydrogen) atoms. The Morgan fingerprint density at radius 2 is 1.48 bits per heavy atom. The van der Waals surface area contributed by atoms with Gasteiger partial charge in [-0.05, 0) is 85.2 Å². The molecule has 6 N–H and O–H groups in total. The lowest BCUT2D eigenvalue weighted by Gasteiger charge is -2.26. The second-order valence-electron chi connectivity index (χ2n) is 15.0. The number of unbranched alkanes of at least 4 members (excludes halogenated alkanes) is 1. The summed E-state index contributed by atoms with van der Waals surface area (Å²) >= 11 is 0. The van der Waals surface area contributed by atoms with Gasteiger partial charge in [0, 0.05) is 48.3 Å². The van der Waals surface area contributed by atoms with Gasteiger partial charge in [0.2, 0.25) is 23.6 Å². The molecule has 1 aliphatic heterocycles. The molecule has 0 spiro atoms. The Kier molecular flexibility index (Phi) is 16.7. The first-order chi connectivity index (χ1) is 30.3. The van der Waals surface area contributed by atoms with Crippen LogP contribution in [0.4, 0.5) is 26.7 Å². The van der Waals surface area contributed by atoms with E-state index >= 15 is 0 Å². The molecule has 0 bridgehead atoms. The minimum Gasteiger partial charge on any atom is -0.429 e. The van der Waals surface area contributed by atoms with Gasteiger partial charge in [-0.3, -0.25) is 29.3 Å². The van der Waals surface area contributed by atoms with Gasteiger partial charge in [-0.25, -0.2) is 9.59 Å². The third-order valence-corrected chi connectivity index (χ3v) is 9.91. The molecular formula is C46H49N7O10. The highest BCUT2D eigenvalue weighted by Crippen LogP contribution is 2.26. The Bertz CT molecular complexity index is 2360. The minimum atomic E-state index is -1.07. The van der Waals surface area contributed by atoms with E-state index in [2.05, 4.69) is 33.1 Å². The van der Waals surface area contributed by atoms with Crippen LogP contribution in [0.25, 0.3) is 0 Å². The maximum absolute atomic E-state index is 13.7. The summed E-state index contributed by atoms with van der Waals surface area (Å²) in [7, 11) is 0. The van der Waals surface area contributed by atoms with Gasteiger partial charge in [0.05, 0.1) is 17.2 Å². The molecule has 17 heteroatoms. The number of amides is 6. The van der Waals surface area contributed by atoms with E-state index < -0.39 is 41.0 Å².